The van der Waals surface area contributed by atoms with Crippen molar-refractivity contribution < 1.29 is 19.5 Å². The van der Waals surface area contributed by atoms with Gasteiger partial charge < -0.3 is 19.8 Å². The fraction of sp³-hybridized carbons (Fsp3) is 0.457. The van der Waals surface area contributed by atoms with E-state index >= 15 is 0 Å². The van der Waals surface area contributed by atoms with Gasteiger partial charge in [0.15, 0.2) is 0 Å². The van der Waals surface area contributed by atoms with Crippen LogP contribution in [0.15, 0.2) is 86.0 Å². The van der Waals surface area contributed by atoms with Crippen LogP contribution in [0.3, 0.4) is 0 Å². The maximum atomic E-state index is 14.7. The second-order valence-corrected chi connectivity index (χ2v) is 13.4. The molecule has 3 aliphatic rings. The first-order valence-corrected chi connectivity index (χ1v) is 16.3. The van der Waals surface area contributed by atoms with Crippen LogP contribution in [0.2, 0.25) is 0 Å². The van der Waals surface area contributed by atoms with E-state index in [9.17, 15) is 19.5 Å². The lowest BCUT2D eigenvalue weighted by atomic mass is 9.70. The number of benzene rings is 2. The lowest BCUT2D eigenvalue weighted by molar-refractivity contribution is -0.147. The predicted octanol–water partition coefficient (Wildman–Crippen LogP) is 4.84. The highest BCUT2D eigenvalue weighted by Crippen LogP contribution is 2.67. The van der Waals surface area contributed by atoms with Gasteiger partial charge in [-0.3, -0.25) is 14.4 Å². The van der Waals surface area contributed by atoms with Gasteiger partial charge in [0.2, 0.25) is 17.7 Å². The molecule has 3 aliphatic heterocycles. The number of hydrogen-bond donors (Lipinski definition) is 1. The van der Waals surface area contributed by atoms with Crippen molar-refractivity contribution >= 4 is 29.5 Å². The number of aliphatic hydroxyl groups is 1. The lowest BCUT2D eigenvalue weighted by Crippen LogP contribution is -2.56. The topological polar surface area (TPSA) is 81.2 Å². The summed E-state index contributed by atoms with van der Waals surface area (Å²) in [5.41, 5.74) is 1.78. The molecule has 228 valence electrons. The monoisotopic (exact) mass is 601 g/mol. The molecule has 7 nitrogen and oxygen atoms in total. The van der Waals surface area contributed by atoms with Crippen LogP contribution in [0, 0.1) is 11.8 Å². The molecule has 2 aromatic rings. The third kappa shape index (κ3) is 5.67. The maximum Gasteiger partial charge on any atom is 0.247 e. The second-order valence-electron chi connectivity index (χ2n) is 11.8. The van der Waals surface area contributed by atoms with E-state index in [1.54, 1.807) is 38.6 Å². The molecule has 0 radical (unpaired) electrons. The Morgan fingerprint density at radius 3 is 2.33 bits per heavy atom. The highest BCUT2D eigenvalue weighted by Gasteiger charge is 2.74. The molecule has 5 rings (SSSR count). The number of aliphatic hydroxyl groups excluding tert-OH is 1. The van der Waals surface area contributed by atoms with Crippen molar-refractivity contribution in [3.63, 3.8) is 0 Å². The van der Waals surface area contributed by atoms with Gasteiger partial charge in [-0.15, -0.1) is 24.9 Å². The quantitative estimate of drug-likeness (QED) is 0.314. The van der Waals surface area contributed by atoms with Gasteiger partial charge in [-0.1, -0.05) is 86.2 Å². The molecule has 0 saturated carbocycles. The largest absolute Gasteiger partial charge is 0.394 e. The third-order valence-corrected chi connectivity index (χ3v) is 11.2. The minimum Gasteiger partial charge on any atom is -0.394 e. The molecular formula is C35H43N3O4S. The number of thioether (sulfide) groups is 1. The zero-order chi connectivity index (χ0) is 30.6. The number of rotatable bonds is 14. The summed E-state index contributed by atoms with van der Waals surface area (Å²) < 4.78 is -0.737. The van der Waals surface area contributed by atoms with Gasteiger partial charge in [-0.05, 0) is 30.4 Å². The fourth-order valence-corrected chi connectivity index (χ4v) is 9.58. The van der Waals surface area contributed by atoms with Gasteiger partial charge in [-0.2, -0.15) is 0 Å². The summed E-state index contributed by atoms with van der Waals surface area (Å²) in [5.74, 6) is -1.58. The number of amides is 3. The van der Waals surface area contributed by atoms with Crippen LogP contribution in [-0.2, 0) is 20.9 Å². The molecule has 1 N–H and O–H groups in total. The average molecular weight is 602 g/mol. The number of likely N-dealkylation sites (tertiary alicyclic amines) is 1. The predicted molar refractivity (Wildman–Crippen MR) is 171 cm³/mol. The van der Waals surface area contributed by atoms with Gasteiger partial charge in [0, 0.05) is 31.4 Å². The van der Waals surface area contributed by atoms with Crippen molar-refractivity contribution in [2.45, 2.75) is 61.2 Å². The van der Waals surface area contributed by atoms with Crippen LogP contribution in [0.25, 0.3) is 0 Å². The Kier molecular flexibility index (Phi) is 9.77. The Bertz CT molecular complexity index is 1320. The van der Waals surface area contributed by atoms with Gasteiger partial charge >= 0.3 is 0 Å². The maximum absolute atomic E-state index is 14.7. The van der Waals surface area contributed by atoms with Crippen LogP contribution >= 0.6 is 11.8 Å². The highest BCUT2D eigenvalue weighted by molar-refractivity contribution is 8.02. The van der Waals surface area contributed by atoms with E-state index in [2.05, 4.69) is 20.1 Å². The Morgan fingerprint density at radius 1 is 1.05 bits per heavy atom. The van der Waals surface area contributed by atoms with Crippen molar-refractivity contribution in [1.29, 1.82) is 0 Å². The van der Waals surface area contributed by atoms with Gasteiger partial charge in [0.05, 0.1) is 29.2 Å². The van der Waals surface area contributed by atoms with Crippen molar-refractivity contribution in [3.05, 3.63) is 97.1 Å². The molecule has 8 heteroatoms. The summed E-state index contributed by atoms with van der Waals surface area (Å²) in [5, 5.41) is 10.7. The molecule has 6 atom stereocenters. The number of carbonyl (C=O) groups excluding carboxylic acids is 3. The van der Waals surface area contributed by atoms with Crippen molar-refractivity contribution in [1.82, 2.24) is 14.7 Å². The molecule has 0 aromatic heterocycles. The molecule has 3 fully saturated rings. The molecule has 2 aromatic carbocycles. The minimum atomic E-state index is -0.783. The first-order valence-electron chi connectivity index (χ1n) is 15.4. The Hall–Kier alpha value is -3.36. The van der Waals surface area contributed by atoms with Crippen LogP contribution in [0.4, 0.5) is 0 Å². The molecule has 0 aliphatic carbocycles. The van der Waals surface area contributed by atoms with E-state index in [1.807, 2.05) is 60.7 Å². The van der Waals surface area contributed by atoms with E-state index in [0.717, 1.165) is 30.4 Å². The van der Waals surface area contributed by atoms with Gasteiger partial charge in [-0.25, -0.2) is 0 Å². The normalized spacial score (nSPS) is 26.2. The summed E-state index contributed by atoms with van der Waals surface area (Å²) in [6.07, 6.45) is 6.67. The Labute approximate surface area is 259 Å². The van der Waals surface area contributed by atoms with Gasteiger partial charge in [0.1, 0.15) is 6.04 Å². The summed E-state index contributed by atoms with van der Waals surface area (Å²) in [7, 11) is 0. The Morgan fingerprint density at radius 2 is 1.70 bits per heavy atom. The molecule has 2 unspecified atom stereocenters. The smallest absolute Gasteiger partial charge is 0.247 e. The number of hydrogen-bond acceptors (Lipinski definition) is 5. The van der Waals surface area contributed by atoms with Crippen LogP contribution in [-0.4, -0.2) is 79.8 Å². The summed E-state index contributed by atoms with van der Waals surface area (Å²) >= 11 is 1.66. The van der Waals surface area contributed by atoms with E-state index in [0.29, 0.717) is 32.6 Å². The van der Waals surface area contributed by atoms with E-state index in [4.69, 9.17) is 0 Å². The van der Waals surface area contributed by atoms with Crippen LogP contribution in [0.1, 0.15) is 49.8 Å². The molecule has 2 bridgehead atoms. The summed E-state index contributed by atoms with van der Waals surface area (Å²) in [6, 6.07) is 17.8. The zero-order valence-corrected chi connectivity index (χ0v) is 25.8. The summed E-state index contributed by atoms with van der Waals surface area (Å²) in [4.78, 5) is 49.0. The first-order chi connectivity index (χ1) is 20.9. The van der Waals surface area contributed by atoms with Crippen molar-refractivity contribution in [2.24, 2.45) is 11.8 Å². The third-order valence-electron chi connectivity index (χ3n) is 9.27. The van der Waals surface area contributed by atoms with Crippen molar-refractivity contribution in [2.75, 3.05) is 26.2 Å². The van der Waals surface area contributed by atoms with E-state index in [-0.39, 0.29) is 29.6 Å². The second kappa shape index (κ2) is 13.5. The standard InChI is InChI=1S/C35H43N3O4S/c1-4-7-22-36(20-5-2)34(42)31-35-19-18-28(43-35)29(32(40)37(21-6-3)23-25-14-10-8-11-15-25)30(35)33(41)38(31)27(24-39)26-16-12-9-13-17-26/h5-6,8-17,27-31,39H,2-4,7,18-24H2,1H3/t27-,28+,29-,30+,31?,35?/m1/s1. The minimum absolute atomic E-state index is 0.0465. The van der Waals surface area contributed by atoms with Crippen molar-refractivity contribution in [3.8, 4) is 0 Å². The SMILES string of the molecule is C=CCN(CCCC)C(=O)C1N([C@H](CO)c2ccccc2)C(=O)[C@@H]2[C@H](C(=O)N(CC=C)Cc3ccccc3)[C@@H]3CCC12S3. The molecule has 3 heterocycles. The average Bonchev–Trinajstić information content (AvgIpc) is 3.67. The summed E-state index contributed by atoms with van der Waals surface area (Å²) in [6.45, 7) is 11.3. The van der Waals surface area contributed by atoms with E-state index < -0.39 is 28.7 Å². The molecule has 43 heavy (non-hydrogen) atoms. The lowest BCUT2D eigenvalue weighted by Gasteiger charge is -2.40. The van der Waals surface area contributed by atoms with E-state index in [1.165, 1.54) is 0 Å². The number of nitrogens with zero attached hydrogens (tertiary/aromatic N) is 3. The molecular weight excluding hydrogens is 558 g/mol. The number of carbonyl (C=O) groups is 3. The Balaban J connectivity index is 1.57. The molecule has 1 spiro atoms. The van der Waals surface area contributed by atoms with Crippen LogP contribution in [0.5, 0.6) is 0 Å². The van der Waals surface area contributed by atoms with Gasteiger partial charge in [0.25, 0.3) is 0 Å². The number of unbranched alkanes of at least 4 members (excludes halogenated alkanes) is 1. The highest BCUT2D eigenvalue weighted by atomic mass is 32.2. The molecule has 3 saturated heterocycles. The van der Waals surface area contributed by atoms with Crippen LogP contribution < -0.4 is 0 Å². The molecule has 3 amide bonds. The fourth-order valence-electron chi connectivity index (χ4n) is 7.39. The zero-order valence-electron chi connectivity index (χ0n) is 25.0. The number of fused-ring (bicyclic) bond motifs is 1. The first kappa shape index (κ1) is 31.1.